The highest BCUT2D eigenvalue weighted by Gasteiger charge is 2.29. The quantitative estimate of drug-likeness (QED) is 0.214. The number of hydrogen-bond donors (Lipinski definition) is 0. The Hall–Kier alpha value is -2.15. The minimum absolute atomic E-state index is 0. The normalized spacial score (nSPS) is 12.5. The SMILES string of the molecule is Br.O=C(C(Br)c1ccccc1-c1cccnc1)C(Br)c1ccccc1-c1cccnc1. The fourth-order valence-corrected chi connectivity index (χ4v) is 5.12. The van der Waals surface area contributed by atoms with Crippen LogP contribution < -0.4 is 0 Å². The summed E-state index contributed by atoms with van der Waals surface area (Å²) in [6, 6.07) is 23.6. The van der Waals surface area contributed by atoms with Gasteiger partial charge in [-0.05, 0) is 34.4 Å². The minimum atomic E-state index is -0.472. The molecule has 156 valence electrons. The molecule has 0 aliphatic rings. The number of rotatable bonds is 6. The number of ketones is 1. The van der Waals surface area contributed by atoms with Crippen LogP contribution in [0.5, 0.6) is 0 Å². The van der Waals surface area contributed by atoms with Crippen molar-refractivity contribution < 1.29 is 4.79 Å². The van der Waals surface area contributed by atoms with Gasteiger partial charge in [-0.3, -0.25) is 14.8 Å². The summed E-state index contributed by atoms with van der Waals surface area (Å²) in [5, 5.41) is 0. The molecule has 2 unspecified atom stereocenters. The number of aromatic nitrogens is 2. The van der Waals surface area contributed by atoms with E-state index in [1.807, 2.05) is 85.2 Å². The van der Waals surface area contributed by atoms with Gasteiger partial charge >= 0.3 is 0 Å². The van der Waals surface area contributed by atoms with E-state index in [9.17, 15) is 4.79 Å². The van der Waals surface area contributed by atoms with Crippen LogP contribution in [0.4, 0.5) is 0 Å². The van der Waals surface area contributed by atoms with Crippen molar-refractivity contribution in [3.8, 4) is 22.3 Å². The Morgan fingerprint density at radius 2 is 1.06 bits per heavy atom. The number of nitrogens with zero attached hydrogens (tertiary/aromatic N) is 2. The van der Waals surface area contributed by atoms with Crippen LogP contribution in [0.1, 0.15) is 20.8 Å². The van der Waals surface area contributed by atoms with Crippen LogP contribution in [0.3, 0.4) is 0 Å². The van der Waals surface area contributed by atoms with E-state index in [2.05, 4.69) is 41.8 Å². The molecule has 31 heavy (non-hydrogen) atoms. The van der Waals surface area contributed by atoms with E-state index in [-0.39, 0.29) is 22.8 Å². The number of carbonyl (C=O) groups excluding carboxylic acids is 1. The fraction of sp³-hybridized carbons (Fsp3) is 0.0800. The van der Waals surface area contributed by atoms with E-state index in [1.165, 1.54) is 0 Å². The van der Waals surface area contributed by atoms with Crippen molar-refractivity contribution in [2.24, 2.45) is 0 Å². The van der Waals surface area contributed by atoms with E-state index >= 15 is 0 Å². The Kier molecular flexibility index (Phi) is 8.29. The molecule has 2 atom stereocenters. The van der Waals surface area contributed by atoms with Crippen LogP contribution in [-0.2, 0) is 4.79 Å². The first-order chi connectivity index (χ1) is 14.7. The highest BCUT2D eigenvalue weighted by molar-refractivity contribution is 9.10. The third-order valence-corrected chi connectivity index (χ3v) is 6.80. The second kappa shape index (κ2) is 10.9. The predicted molar refractivity (Wildman–Crippen MR) is 138 cm³/mol. The standard InChI is InChI=1S/C25H18Br2N2O.BrH/c26-23(21-11-3-1-9-19(21)17-7-5-13-28-15-17)25(30)24(27)22-12-4-2-10-20(22)18-8-6-14-29-16-18;/h1-16,23-24H;1H. The molecule has 3 nitrogen and oxygen atoms in total. The Morgan fingerprint density at radius 3 is 1.45 bits per heavy atom. The van der Waals surface area contributed by atoms with Crippen LogP contribution in [0, 0.1) is 0 Å². The molecule has 0 aliphatic carbocycles. The average molecular weight is 603 g/mol. The molecule has 4 aromatic rings. The van der Waals surface area contributed by atoms with Gasteiger partial charge in [0, 0.05) is 35.9 Å². The molecule has 0 spiro atoms. The largest absolute Gasteiger partial charge is 0.296 e. The van der Waals surface area contributed by atoms with Crippen molar-refractivity contribution in [2.75, 3.05) is 0 Å². The topological polar surface area (TPSA) is 42.9 Å². The lowest BCUT2D eigenvalue weighted by molar-refractivity contribution is -0.118. The van der Waals surface area contributed by atoms with E-state index < -0.39 is 9.65 Å². The molecule has 2 aromatic carbocycles. The van der Waals surface area contributed by atoms with Gasteiger partial charge in [-0.2, -0.15) is 0 Å². The van der Waals surface area contributed by atoms with E-state index in [4.69, 9.17) is 0 Å². The number of pyridine rings is 2. The van der Waals surface area contributed by atoms with Gasteiger partial charge in [0.15, 0.2) is 5.78 Å². The maximum atomic E-state index is 13.5. The van der Waals surface area contributed by atoms with Gasteiger partial charge in [0.25, 0.3) is 0 Å². The maximum absolute atomic E-state index is 13.5. The minimum Gasteiger partial charge on any atom is -0.296 e. The number of alkyl halides is 2. The van der Waals surface area contributed by atoms with Gasteiger partial charge in [0.05, 0.1) is 0 Å². The summed E-state index contributed by atoms with van der Waals surface area (Å²) in [6.45, 7) is 0. The number of hydrogen-bond acceptors (Lipinski definition) is 3. The molecule has 6 heteroatoms. The Morgan fingerprint density at radius 1 is 0.645 bits per heavy atom. The van der Waals surface area contributed by atoms with Crippen molar-refractivity contribution in [3.63, 3.8) is 0 Å². The van der Waals surface area contributed by atoms with Gasteiger partial charge in [-0.1, -0.05) is 92.5 Å². The highest BCUT2D eigenvalue weighted by atomic mass is 79.9. The number of benzene rings is 2. The molecule has 0 amide bonds. The van der Waals surface area contributed by atoms with Gasteiger partial charge in [-0.15, -0.1) is 17.0 Å². The summed E-state index contributed by atoms with van der Waals surface area (Å²) in [5.74, 6) is 0.0303. The zero-order chi connectivity index (χ0) is 20.9. The second-order valence-electron chi connectivity index (χ2n) is 6.79. The van der Waals surface area contributed by atoms with Crippen LogP contribution in [-0.4, -0.2) is 15.8 Å². The first-order valence-electron chi connectivity index (χ1n) is 9.47. The summed E-state index contributed by atoms with van der Waals surface area (Å²) in [4.78, 5) is 21.0. The van der Waals surface area contributed by atoms with Crippen LogP contribution >= 0.6 is 48.8 Å². The molecular formula is C25H19Br3N2O. The zero-order valence-corrected chi connectivity index (χ0v) is 21.2. The number of Topliss-reactive ketones (excluding diaryl/α,β-unsaturated/α-hetero) is 1. The molecule has 0 fully saturated rings. The molecule has 0 aliphatic heterocycles. The monoisotopic (exact) mass is 600 g/mol. The Balaban J connectivity index is 0.00000272. The average Bonchev–Trinajstić information content (AvgIpc) is 2.84. The number of carbonyl (C=O) groups is 1. The van der Waals surface area contributed by atoms with E-state index in [1.54, 1.807) is 12.4 Å². The first-order valence-corrected chi connectivity index (χ1v) is 11.3. The molecule has 2 heterocycles. The van der Waals surface area contributed by atoms with Crippen molar-refractivity contribution >= 4 is 54.6 Å². The van der Waals surface area contributed by atoms with Crippen LogP contribution in [0.2, 0.25) is 0 Å². The van der Waals surface area contributed by atoms with E-state index in [0.29, 0.717) is 0 Å². The molecule has 2 aromatic heterocycles. The third kappa shape index (κ3) is 5.20. The maximum Gasteiger partial charge on any atom is 0.168 e. The summed E-state index contributed by atoms with van der Waals surface area (Å²) in [5.41, 5.74) is 5.76. The van der Waals surface area contributed by atoms with Gasteiger partial charge in [0.1, 0.15) is 9.65 Å². The Labute approximate surface area is 209 Å². The lowest BCUT2D eigenvalue weighted by Crippen LogP contribution is -2.14. The van der Waals surface area contributed by atoms with Crippen molar-refractivity contribution in [2.45, 2.75) is 9.65 Å². The van der Waals surface area contributed by atoms with Gasteiger partial charge in [-0.25, -0.2) is 0 Å². The summed E-state index contributed by atoms with van der Waals surface area (Å²) >= 11 is 7.33. The van der Waals surface area contributed by atoms with Crippen molar-refractivity contribution in [1.29, 1.82) is 0 Å². The third-order valence-electron chi connectivity index (χ3n) is 4.91. The first kappa shape index (κ1) is 23.5. The summed E-state index contributed by atoms with van der Waals surface area (Å²) in [6.07, 6.45) is 7.11. The molecule has 0 saturated carbocycles. The smallest absolute Gasteiger partial charge is 0.168 e. The van der Waals surface area contributed by atoms with Crippen LogP contribution in [0.25, 0.3) is 22.3 Å². The molecule has 0 saturated heterocycles. The van der Waals surface area contributed by atoms with Crippen LogP contribution in [0.15, 0.2) is 97.6 Å². The van der Waals surface area contributed by atoms with Crippen molar-refractivity contribution in [3.05, 3.63) is 109 Å². The molecular weight excluding hydrogens is 584 g/mol. The summed E-state index contributed by atoms with van der Waals surface area (Å²) < 4.78 is 0. The predicted octanol–water partition coefficient (Wildman–Crippen LogP) is 7.53. The molecule has 0 radical (unpaired) electrons. The molecule has 0 N–H and O–H groups in total. The lowest BCUT2D eigenvalue weighted by atomic mass is 9.92. The molecule has 4 rings (SSSR count). The van der Waals surface area contributed by atoms with Gasteiger partial charge < -0.3 is 0 Å². The zero-order valence-electron chi connectivity index (χ0n) is 16.4. The van der Waals surface area contributed by atoms with E-state index in [0.717, 1.165) is 33.4 Å². The fourth-order valence-electron chi connectivity index (χ4n) is 3.44. The highest BCUT2D eigenvalue weighted by Crippen LogP contribution is 2.41. The molecule has 0 bridgehead atoms. The Bertz CT molecular complexity index is 1060. The summed E-state index contributed by atoms with van der Waals surface area (Å²) in [7, 11) is 0. The van der Waals surface area contributed by atoms with Gasteiger partial charge in [0.2, 0.25) is 0 Å². The second-order valence-corrected chi connectivity index (χ2v) is 8.62. The number of halogens is 3. The van der Waals surface area contributed by atoms with Crippen molar-refractivity contribution in [1.82, 2.24) is 9.97 Å². The lowest BCUT2D eigenvalue weighted by Gasteiger charge is -2.19.